The van der Waals surface area contributed by atoms with Crippen LogP contribution in [-0.4, -0.2) is 24.6 Å². The molecule has 3 N–H and O–H groups in total. The topological polar surface area (TPSA) is 89.3 Å². The Morgan fingerprint density at radius 1 is 1.25 bits per heavy atom. The van der Waals surface area contributed by atoms with E-state index in [1.165, 1.54) is 20.9 Å². The van der Waals surface area contributed by atoms with Gasteiger partial charge < -0.3 is 11.1 Å². The van der Waals surface area contributed by atoms with Gasteiger partial charge in [-0.15, -0.1) is 0 Å². The molecule has 0 aliphatic heterocycles. The summed E-state index contributed by atoms with van der Waals surface area (Å²) >= 11 is 0. The minimum atomic E-state index is -1.43. The van der Waals surface area contributed by atoms with E-state index < -0.39 is 23.0 Å². The zero-order chi connectivity index (χ0) is 9.94. The molecule has 0 aromatic carbocycles. The summed E-state index contributed by atoms with van der Waals surface area (Å²) in [4.78, 5) is 32.6. The average Bonchev–Trinajstić information content (AvgIpc) is 2.01. The molecule has 0 fully saturated rings. The highest BCUT2D eigenvalue weighted by atomic mass is 16.2. The van der Waals surface area contributed by atoms with E-state index in [9.17, 15) is 14.4 Å². The number of amides is 2. The third kappa shape index (κ3) is 1.81. The van der Waals surface area contributed by atoms with Gasteiger partial charge in [0.05, 0.1) is 0 Å². The van der Waals surface area contributed by atoms with Crippen molar-refractivity contribution in [3.05, 3.63) is 0 Å². The van der Waals surface area contributed by atoms with E-state index in [0.717, 1.165) is 0 Å². The standard InChI is InChI=1S/C7H12N2O3/c1-7(2,6(8)12)4(10)5(11)9-3/h1-3H3,(H2,8,12)(H,9,11). The van der Waals surface area contributed by atoms with E-state index in [1.807, 2.05) is 0 Å². The van der Waals surface area contributed by atoms with E-state index in [4.69, 9.17) is 5.73 Å². The molecule has 5 heteroatoms. The number of carbonyl (C=O) groups is 3. The van der Waals surface area contributed by atoms with Crippen LogP contribution in [0.1, 0.15) is 13.8 Å². The first-order valence-electron chi connectivity index (χ1n) is 3.40. The van der Waals surface area contributed by atoms with Crippen LogP contribution in [-0.2, 0) is 14.4 Å². The fourth-order valence-electron chi connectivity index (χ4n) is 0.509. The maximum Gasteiger partial charge on any atom is 0.288 e. The summed E-state index contributed by atoms with van der Waals surface area (Å²) in [5.41, 5.74) is 3.49. The number of ketones is 1. The summed E-state index contributed by atoms with van der Waals surface area (Å²) in [6.07, 6.45) is 0. The van der Waals surface area contributed by atoms with Crippen LogP contribution in [0.2, 0.25) is 0 Å². The second-order valence-electron chi connectivity index (χ2n) is 2.90. The summed E-state index contributed by atoms with van der Waals surface area (Å²) in [5, 5.41) is 2.13. The van der Waals surface area contributed by atoms with Crippen LogP contribution in [0.25, 0.3) is 0 Å². The van der Waals surface area contributed by atoms with Gasteiger partial charge in [0.1, 0.15) is 5.41 Å². The van der Waals surface area contributed by atoms with E-state index in [2.05, 4.69) is 5.32 Å². The number of nitrogens with one attached hydrogen (secondary N) is 1. The van der Waals surface area contributed by atoms with Crippen LogP contribution in [0, 0.1) is 5.41 Å². The van der Waals surface area contributed by atoms with E-state index in [1.54, 1.807) is 0 Å². The molecule has 0 heterocycles. The highest BCUT2D eigenvalue weighted by molar-refractivity contribution is 6.41. The Morgan fingerprint density at radius 2 is 1.67 bits per heavy atom. The third-order valence-corrected chi connectivity index (χ3v) is 1.62. The van der Waals surface area contributed by atoms with Crippen molar-refractivity contribution in [3.8, 4) is 0 Å². The van der Waals surface area contributed by atoms with Crippen LogP contribution in [0.15, 0.2) is 0 Å². The molecule has 5 nitrogen and oxygen atoms in total. The average molecular weight is 172 g/mol. The van der Waals surface area contributed by atoms with Gasteiger partial charge in [-0.25, -0.2) is 0 Å². The molecule has 0 unspecified atom stereocenters. The molecular weight excluding hydrogens is 160 g/mol. The first-order chi connectivity index (χ1) is 5.34. The van der Waals surface area contributed by atoms with Crippen molar-refractivity contribution in [2.24, 2.45) is 11.1 Å². The summed E-state index contributed by atoms with van der Waals surface area (Å²) in [6, 6.07) is 0. The molecule has 0 spiro atoms. The first-order valence-corrected chi connectivity index (χ1v) is 3.40. The maximum absolute atomic E-state index is 11.1. The van der Waals surface area contributed by atoms with Crippen LogP contribution < -0.4 is 11.1 Å². The Morgan fingerprint density at radius 3 is 1.92 bits per heavy atom. The molecule has 0 aromatic rings. The minimum absolute atomic E-state index is 0.807. The van der Waals surface area contributed by atoms with Crippen LogP contribution in [0.3, 0.4) is 0 Å². The number of hydrogen-bond donors (Lipinski definition) is 2. The second kappa shape index (κ2) is 3.34. The number of carbonyl (C=O) groups excluding carboxylic acids is 3. The summed E-state index contributed by atoms with van der Waals surface area (Å²) in [7, 11) is 1.32. The number of primary amides is 1. The third-order valence-electron chi connectivity index (χ3n) is 1.62. The van der Waals surface area contributed by atoms with Gasteiger partial charge in [0, 0.05) is 7.05 Å². The smallest absolute Gasteiger partial charge is 0.288 e. The van der Waals surface area contributed by atoms with Gasteiger partial charge >= 0.3 is 0 Å². The van der Waals surface area contributed by atoms with Gasteiger partial charge in [-0.3, -0.25) is 14.4 Å². The van der Waals surface area contributed by atoms with E-state index in [0.29, 0.717) is 0 Å². The number of Topliss-reactive ketones (excluding diaryl/α,β-unsaturated/α-hetero) is 1. The molecule has 0 radical (unpaired) electrons. The molecule has 0 saturated heterocycles. The molecular formula is C7H12N2O3. The Labute approximate surface area is 70.3 Å². The van der Waals surface area contributed by atoms with Gasteiger partial charge in [-0.2, -0.15) is 0 Å². The maximum atomic E-state index is 11.1. The summed E-state index contributed by atoms with van der Waals surface area (Å²) in [5.74, 6) is -2.44. The lowest BCUT2D eigenvalue weighted by Gasteiger charge is -2.16. The number of likely N-dealkylation sites (N-methyl/N-ethyl adjacent to an activating group) is 1. The van der Waals surface area contributed by atoms with Crippen molar-refractivity contribution in [1.29, 1.82) is 0 Å². The van der Waals surface area contributed by atoms with Crippen molar-refractivity contribution in [3.63, 3.8) is 0 Å². The molecule has 0 rings (SSSR count). The Bertz CT molecular complexity index is 233. The Balaban J connectivity index is 4.69. The zero-order valence-electron chi connectivity index (χ0n) is 7.30. The van der Waals surface area contributed by atoms with Crippen molar-refractivity contribution in [2.75, 3.05) is 7.05 Å². The highest BCUT2D eigenvalue weighted by Crippen LogP contribution is 2.15. The lowest BCUT2D eigenvalue weighted by molar-refractivity contribution is -0.147. The molecule has 68 valence electrons. The molecule has 0 aromatic heterocycles. The van der Waals surface area contributed by atoms with Gasteiger partial charge in [0.15, 0.2) is 0 Å². The van der Waals surface area contributed by atoms with Gasteiger partial charge in [0.25, 0.3) is 5.91 Å². The molecule has 12 heavy (non-hydrogen) atoms. The van der Waals surface area contributed by atoms with E-state index >= 15 is 0 Å². The van der Waals surface area contributed by atoms with Gasteiger partial charge in [0.2, 0.25) is 11.7 Å². The normalized spacial score (nSPS) is 10.6. The predicted octanol–water partition coefficient (Wildman–Crippen LogP) is -1.19. The molecule has 2 amide bonds. The lowest BCUT2D eigenvalue weighted by atomic mass is 9.87. The first kappa shape index (κ1) is 10.6. The van der Waals surface area contributed by atoms with Gasteiger partial charge in [-0.05, 0) is 13.8 Å². The quantitative estimate of drug-likeness (QED) is 0.414. The van der Waals surface area contributed by atoms with Crippen LogP contribution in [0.4, 0.5) is 0 Å². The summed E-state index contributed by atoms with van der Waals surface area (Å²) < 4.78 is 0. The van der Waals surface area contributed by atoms with Crippen LogP contribution >= 0.6 is 0 Å². The van der Waals surface area contributed by atoms with E-state index in [-0.39, 0.29) is 0 Å². The number of nitrogens with two attached hydrogens (primary N) is 1. The molecule has 0 atom stereocenters. The number of hydrogen-bond acceptors (Lipinski definition) is 3. The van der Waals surface area contributed by atoms with Crippen molar-refractivity contribution >= 4 is 17.6 Å². The Kier molecular flexibility index (Phi) is 2.95. The fraction of sp³-hybridized carbons (Fsp3) is 0.571. The monoisotopic (exact) mass is 172 g/mol. The molecule has 0 aliphatic rings. The predicted molar refractivity (Wildman–Crippen MR) is 42.0 cm³/mol. The van der Waals surface area contributed by atoms with Gasteiger partial charge in [-0.1, -0.05) is 0 Å². The highest BCUT2D eigenvalue weighted by Gasteiger charge is 2.37. The van der Waals surface area contributed by atoms with Crippen molar-refractivity contribution in [1.82, 2.24) is 5.32 Å². The molecule has 0 saturated carbocycles. The zero-order valence-corrected chi connectivity index (χ0v) is 7.30. The fourth-order valence-corrected chi connectivity index (χ4v) is 0.509. The lowest BCUT2D eigenvalue weighted by Crippen LogP contribution is -2.45. The van der Waals surface area contributed by atoms with Crippen molar-refractivity contribution in [2.45, 2.75) is 13.8 Å². The number of rotatable bonds is 3. The van der Waals surface area contributed by atoms with Crippen LogP contribution in [0.5, 0.6) is 0 Å². The summed E-state index contributed by atoms with van der Waals surface area (Å²) in [6.45, 7) is 2.62. The Hall–Kier alpha value is -1.39. The SMILES string of the molecule is CNC(=O)C(=O)C(C)(C)C(N)=O. The largest absolute Gasteiger partial charge is 0.369 e. The molecule has 0 aliphatic carbocycles. The van der Waals surface area contributed by atoms with Crippen molar-refractivity contribution < 1.29 is 14.4 Å². The molecule has 0 bridgehead atoms. The minimum Gasteiger partial charge on any atom is -0.369 e. The second-order valence-corrected chi connectivity index (χ2v) is 2.90.